The third-order valence-corrected chi connectivity index (χ3v) is 5.23. The topological polar surface area (TPSA) is 71.8 Å². The van der Waals surface area contributed by atoms with Crippen LogP contribution in [-0.4, -0.2) is 34.0 Å². The van der Waals surface area contributed by atoms with Crippen LogP contribution in [0.4, 0.5) is 5.69 Å². The summed E-state index contributed by atoms with van der Waals surface area (Å²) in [6.45, 7) is 1.39. The Kier molecular flexibility index (Phi) is 5.71. The van der Waals surface area contributed by atoms with Gasteiger partial charge in [-0.05, 0) is 55.7 Å². The standard InChI is InChI=1S/C21H22BrN5O/c22-16-9-11-18(12-10-16)27-20(15-7-8-15)19(25-26-27)21(28)24-14-4-13-23-17-5-2-1-3-6-17/h1-3,5-6,9-12,15,23H,4,7-8,13-14H2,(H,24,28). The van der Waals surface area contributed by atoms with Crippen molar-refractivity contribution in [1.29, 1.82) is 0 Å². The number of hydrogen-bond donors (Lipinski definition) is 2. The molecule has 1 aliphatic carbocycles. The molecule has 28 heavy (non-hydrogen) atoms. The van der Waals surface area contributed by atoms with E-state index in [2.05, 4.69) is 36.9 Å². The number of rotatable bonds is 8. The normalized spacial score (nSPS) is 13.3. The van der Waals surface area contributed by atoms with Gasteiger partial charge in [0.25, 0.3) is 5.91 Å². The van der Waals surface area contributed by atoms with Crippen molar-refractivity contribution >= 4 is 27.5 Å². The van der Waals surface area contributed by atoms with Crippen LogP contribution in [0.2, 0.25) is 0 Å². The van der Waals surface area contributed by atoms with E-state index in [1.165, 1.54) is 0 Å². The van der Waals surface area contributed by atoms with Gasteiger partial charge in [-0.2, -0.15) is 0 Å². The van der Waals surface area contributed by atoms with Crippen LogP contribution in [0.1, 0.15) is 41.4 Å². The molecule has 7 heteroatoms. The molecule has 6 nitrogen and oxygen atoms in total. The number of aromatic nitrogens is 3. The SMILES string of the molecule is O=C(NCCCNc1ccccc1)c1nnn(-c2ccc(Br)cc2)c1C1CC1. The van der Waals surface area contributed by atoms with Crippen molar-refractivity contribution in [2.45, 2.75) is 25.2 Å². The van der Waals surface area contributed by atoms with E-state index in [0.717, 1.165) is 47.3 Å². The molecule has 2 aromatic carbocycles. The molecule has 2 N–H and O–H groups in total. The first-order valence-corrected chi connectivity index (χ1v) is 10.3. The van der Waals surface area contributed by atoms with Crippen LogP contribution in [-0.2, 0) is 0 Å². The highest BCUT2D eigenvalue weighted by Gasteiger charge is 2.34. The molecule has 1 aliphatic rings. The Morgan fingerprint density at radius 1 is 1.07 bits per heavy atom. The monoisotopic (exact) mass is 439 g/mol. The van der Waals surface area contributed by atoms with Gasteiger partial charge in [0.2, 0.25) is 0 Å². The van der Waals surface area contributed by atoms with Crippen LogP contribution in [0.3, 0.4) is 0 Å². The molecule has 1 fully saturated rings. The lowest BCUT2D eigenvalue weighted by Gasteiger charge is -2.09. The van der Waals surface area contributed by atoms with Crippen molar-refractivity contribution in [3.05, 3.63) is 70.5 Å². The van der Waals surface area contributed by atoms with Gasteiger partial charge in [0, 0.05) is 29.2 Å². The van der Waals surface area contributed by atoms with Gasteiger partial charge in [-0.15, -0.1) is 5.10 Å². The number of carbonyl (C=O) groups is 1. The molecule has 4 rings (SSSR count). The fraction of sp³-hybridized carbons (Fsp3) is 0.286. The Labute approximate surface area is 172 Å². The van der Waals surface area contributed by atoms with E-state index in [1.54, 1.807) is 4.68 Å². The summed E-state index contributed by atoms with van der Waals surface area (Å²) in [5, 5.41) is 14.8. The summed E-state index contributed by atoms with van der Waals surface area (Å²) in [7, 11) is 0. The molecule has 1 amide bonds. The average molecular weight is 440 g/mol. The summed E-state index contributed by atoms with van der Waals surface area (Å²) in [6.07, 6.45) is 2.98. The van der Waals surface area contributed by atoms with Crippen molar-refractivity contribution in [2.75, 3.05) is 18.4 Å². The molecule has 1 aromatic heterocycles. The van der Waals surface area contributed by atoms with E-state index in [0.29, 0.717) is 18.2 Å². The molecule has 0 radical (unpaired) electrons. The lowest BCUT2D eigenvalue weighted by molar-refractivity contribution is 0.0947. The molecule has 0 atom stereocenters. The Hall–Kier alpha value is -2.67. The lowest BCUT2D eigenvalue weighted by atomic mass is 10.2. The molecule has 3 aromatic rings. The minimum atomic E-state index is -0.148. The Balaban J connectivity index is 1.37. The van der Waals surface area contributed by atoms with Crippen LogP contribution in [0.25, 0.3) is 5.69 Å². The first kappa shape index (κ1) is 18.7. The van der Waals surface area contributed by atoms with Gasteiger partial charge in [-0.25, -0.2) is 4.68 Å². The zero-order chi connectivity index (χ0) is 19.3. The number of nitrogens with one attached hydrogen (secondary N) is 2. The number of anilines is 1. The van der Waals surface area contributed by atoms with Crippen molar-refractivity contribution in [3.63, 3.8) is 0 Å². The summed E-state index contributed by atoms with van der Waals surface area (Å²) in [4.78, 5) is 12.7. The zero-order valence-corrected chi connectivity index (χ0v) is 17.0. The van der Waals surface area contributed by atoms with Crippen molar-refractivity contribution < 1.29 is 4.79 Å². The fourth-order valence-electron chi connectivity index (χ4n) is 3.11. The van der Waals surface area contributed by atoms with Crippen LogP contribution in [0.15, 0.2) is 59.1 Å². The lowest BCUT2D eigenvalue weighted by Crippen LogP contribution is -2.27. The van der Waals surface area contributed by atoms with E-state index in [4.69, 9.17) is 0 Å². The molecule has 144 valence electrons. The van der Waals surface area contributed by atoms with Crippen LogP contribution in [0.5, 0.6) is 0 Å². The number of amides is 1. The van der Waals surface area contributed by atoms with Gasteiger partial charge in [0.1, 0.15) is 0 Å². The van der Waals surface area contributed by atoms with E-state index < -0.39 is 0 Å². The van der Waals surface area contributed by atoms with Crippen molar-refractivity contribution in [1.82, 2.24) is 20.3 Å². The first-order valence-electron chi connectivity index (χ1n) is 9.51. The summed E-state index contributed by atoms with van der Waals surface area (Å²) in [6, 6.07) is 17.9. The minimum absolute atomic E-state index is 0.148. The Morgan fingerprint density at radius 3 is 2.54 bits per heavy atom. The van der Waals surface area contributed by atoms with E-state index >= 15 is 0 Å². The predicted molar refractivity (Wildman–Crippen MR) is 113 cm³/mol. The quantitative estimate of drug-likeness (QED) is 0.517. The second-order valence-electron chi connectivity index (χ2n) is 6.89. The number of halogens is 1. The van der Waals surface area contributed by atoms with Gasteiger partial charge in [-0.1, -0.05) is 39.3 Å². The Morgan fingerprint density at radius 2 is 1.82 bits per heavy atom. The molecular formula is C21H22BrN5O. The molecule has 0 unspecified atom stereocenters. The second-order valence-corrected chi connectivity index (χ2v) is 7.80. The highest BCUT2D eigenvalue weighted by atomic mass is 79.9. The summed E-state index contributed by atoms with van der Waals surface area (Å²) in [5.41, 5.74) is 3.37. The molecule has 1 heterocycles. The third kappa shape index (κ3) is 4.42. The number of hydrogen-bond acceptors (Lipinski definition) is 4. The largest absolute Gasteiger partial charge is 0.385 e. The maximum Gasteiger partial charge on any atom is 0.273 e. The van der Waals surface area contributed by atoms with E-state index in [-0.39, 0.29) is 5.91 Å². The average Bonchev–Trinajstić information content (AvgIpc) is 3.47. The van der Waals surface area contributed by atoms with Crippen molar-refractivity contribution in [3.8, 4) is 5.69 Å². The van der Waals surface area contributed by atoms with Gasteiger partial charge in [0.05, 0.1) is 11.4 Å². The van der Waals surface area contributed by atoms with Crippen molar-refractivity contribution in [2.24, 2.45) is 0 Å². The van der Waals surface area contributed by atoms with Gasteiger partial charge >= 0.3 is 0 Å². The maximum atomic E-state index is 12.7. The first-order chi connectivity index (χ1) is 13.7. The van der Waals surface area contributed by atoms with Gasteiger partial charge in [-0.3, -0.25) is 4.79 Å². The highest BCUT2D eigenvalue weighted by molar-refractivity contribution is 9.10. The van der Waals surface area contributed by atoms with Gasteiger partial charge in [0.15, 0.2) is 5.69 Å². The predicted octanol–water partition coefficient (Wildman–Crippen LogP) is 4.14. The minimum Gasteiger partial charge on any atom is -0.385 e. The Bertz CT molecular complexity index is 935. The maximum absolute atomic E-state index is 12.7. The van der Waals surface area contributed by atoms with E-state index in [9.17, 15) is 4.79 Å². The second kappa shape index (κ2) is 8.56. The molecule has 0 saturated heterocycles. The summed E-state index contributed by atoms with van der Waals surface area (Å²) < 4.78 is 2.81. The summed E-state index contributed by atoms with van der Waals surface area (Å²) >= 11 is 3.45. The zero-order valence-electron chi connectivity index (χ0n) is 15.4. The number of benzene rings is 2. The highest BCUT2D eigenvalue weighted by Crippen LogP contribution is 2.42. The van der Waals surface area contributed by atoms with Gasteiger partial charge < -0.3 is 10.6 Å². The third-order valence-electron chi connectivity index (χ3n) is 4.70. The van der Waals surface area contributed by atoms with Crippen LogP contribution in [0, 0.1) is 0 Å². The fourth-order valence-corrected chi connectivity index (χ4v) is 3.37. The smallest absolute Gasteiger partial charge is 0.273 e. The molecule has 1 saturated carbocycles. The number of nitrogens with zero attached hydrogens (tertiary/aromatic N) is 3. The van der Waals surface area contributed by atoms with Crippen LogP contribution >= 0.6 is 15.9 Å². The van der Waals surface area contributed by atoms with Crippen LogP contribution < -0.4 is 10.6 Å². The molecule has 0 bridgehead atoms. The summed E-state index contributed by atoms with van der Waals surface area (Å²) in [5.74, 6) is 0.212. The molecule has 0 spiro atoms. The molecular weight excluding hydrogens is 418 g/mol. The molecule has 0 aliphatic heterocycles. The van der Waals surface area contributed by atoms with E-state index in [1.807, 2.05) is 54.6 Å². The number of carbonyl (C=O) groups excluding carboxylic acids is 1. The number of para-hydroxylation sites is 1.